The van der Waals surface area contributed by atoms with Crippen LogP contribution in [0.1, 0.15) is 22.8 Å². The maximum Gasteiger partial charge on any atom is 0.417 e. The maximum absolute atomic E-state index is 12.8. The Balaban J connectivity index is 1.53. The van der Waals surface area contributed by atoms with Crippen LogP contribution in [0, 0.1) is 0 Å². The normalized spacial score (nSPS) is 14.3. The molecule has 0 saturated carbocycles. The number of hydrogen-bond donors (Lipinski definition) is 1. The van der Waals surface area contributed by atoms with E-state index in [0.29, 0.717) is 44.1 Å². The molecule has 2 amide bonds. The van der Waals surface area contributed by atoms with Crippen molar-refractivity contribution in [3.05, 3.63) is 52.7 Å². The average molecular weight is 471 g/mol. The fourth-order valence-corrected chi connectivity index (χ4v) is 3.57. The van der Waals surface area contributed by atoms with Crippen molar-refractivity contribution in [1.82, 2.24) is 15.2 Å². The molecule has 0 bridgehead atoms. The first kappa shape index (κ1) is 23.6. The molecule has 0 radical (unpaired) electrons. The van der Waals surface area contributed by atoms with E-state index in [9.17, 15) is 22.8 Å². The van der Waals surface area contributed by atoms with E-state index in [2.05, 4.69) is 10.3 Å². The van der Waals surface area contributed by atoms with E-state index in [1.807, 2.05) is 6.92 Å². The number of anilines is 1. The first-order valence-electron chi connectivity index (χ1n) is 9.96. The number of rotatable bonds is 6. The number of nitrogens with one attached hydrogen (secondary N) is 1. The summed E-state index contributed by atoms with van der Waals surface area (Å²) in [5, 5.41) is 2.51. The van der Waals surface area contributed by atoms with Crippen LogP contribution in [-0.2, 0) is 11.0 Å². The van der Waals surface area contributed by atoms with Gasteiger partial charge >= 0.3 is 6.18 Å². The second kappa shape index (κ2) is 10.1. The summed E-state index contributed by atoms with van der Waals surface area (Å²) in [5.41, 5.74) is -0.572. The van der Waals surface area contributed by atoms with E-state index < -0.39 is 17.6 Å². The van der Waals surface area contributed by atoms with Gasteiger partial charge in [-0.1, -0.05) is 23.7 Å². The zero-order chi connectivity index (χ0) is 23.3. The zero-order valence-electron chi connectivity index (χ0n) is 17.3. The predicted octanol–water partition coefficient (Wildman–Crippen LogP) is 3.23. The third kappa shape index (κ3) is 5.61. The largest absolute Gasteiger partial charge is 0.493 e. The zero-order valence-corrected chi connectivity index (χ0v) is 18.0. The number of hydrogen-bond acceptors (Lipinski definition) is 5. The molecule has 7 nitrogen and oxygen atoms in total. The van der Waals surface area contributed by atoms with Crippen LogP contribution in [0.5, 0.6) is 5.75 Å². The minimum absolute atomic E-state index is 0.0974. The van der Waals surface area contributed by atoms with Crippen molar-refractivity contribution < 1.29 is 27.5 Å². The molecule has 1 aromatic heterocycles. The lowest BCUT2D eigenvalue weighted by Gasteiger charge is -2.35. The highest BCUT2D eigenvalue weighted by molar-refractivity contribution is 6.33. The third-order valence-electron chi connectivity index (χ3n) is 4.91. The number of alkyl halides is 3. The lowest BCUT2D eigenvalue weighted by Crippen LogP contribution is -2.51. The molecule has 0 atom stereocenters. The highest BCUT2D eigenvalue weighted by atomic mass is 35.5. The SMILES string of the molecule is CCOc1ccccc1C(=O)NCC(=O)N1CCN(c2ncc(C(F)(F)F)cc2Cl)CC1. The average Bonchev–Trinajstić information content (AvgIpc) is 2.77. The van der Waals surface area contributed by atoms with Gasteiger partial charge in [0, 0.05) is 32.4 Å². The number of amides is 2. The number of nitrogens with zero attached hydrogens (tertiary/aromatic N) is 3. The molecule has 2 heterocycles. The Hall–Kier alpha value is -3.01. The van der Waals surface area contributed by atoms with Crippen LogP contribution in [0.15, 0.2) is 36.5 Å². The minimum atomic E-state index is -4.52. The molecule has 32 heavy (non-hydrogen) atoms. The van der Waals surface area contributed by atoms with Gasteiger partial charge in [0.2, 0.25) is 5.91 Å². The van der Waals surface area contributed by atoms with Crippen LogP contribution in [0.2, 0.25) is 5.02 Å². The molecule has 1 saturated heterocycles. The first-order valence-corrected chi connectivity index (χ1v) is 10.3. The monoisotopic (exact) mass is 470 g/mol. The number of carbonyl (C=O) groups is 2. The van der Waals surface area contributed by atoms with Crippen molar-refractivity contribution in [2.24, 2.45) is 0 Å². The number of pyridine rings is 1. The summed E-state index contributed by atoms with van der Waals surface area (Å²) in [5.74, 6) is 0.00206. The maximum atomic E-state index is 12.8. The van der Waals surface area contributed by atoms with Crippen LogP contribution in [0.3, 0.4) is 0 Å². The van der Waals surface area contributed by atoms with Gasteiger partial charge in [0.15, 0.2) is 0 Å². The minimum Gasteiger partial charge on any atom is -0.493 e. The van der Waals surface area contributed by atoms with Gasteiger partial charge in [-0.25, -0.2) is 4.98 Å². The molecule has 3 rings (SSSR count). The van der Waals surface area contributed by atoms with E-state index >= 15 is 0 Å². The third-order valence-corrected chi connectivity index (χ3v) is 5.19. The Bertz CT molecular complexity index is 979. The van der Waals surface area contributed by atoms with Gasteiger partial charge in [0.1, 0.15) is 11.6 Å². The van der Waals surface area contributed by atoms with Crippen LogP contribution in [0.4, 0.5) is 19.0 Å². The van der Waals surface area contributed by atoms with E-state index in [0.717, 1.165) is 12.3 Å². The lowest BCUT2D eigenvalue weighted by atomic mass is 10.2. The molecule has 1 fully saturated rings. The summed E-state index contributed by atoms with van der Waals surface area (Å²) < 4.78 is 43.8. The Morgan fingerprint density at radius 1 is 1.19 bits per heavy atom. The van der Waals surface area contributed by atoms with E-state index in [4.69, 9.17) is 16.3 Å². The fraction of sp³-hybridized carbons (Fsp3) is 0.381. The topological polar surface area (TPSA) is 74.8 Å². The lowest BCUT2D eigenvalue weighted by molar-refractivity contribution is -0.137. The summed E-state index contributed by atoms with van der Waals surface area (Å²) in [6.07, 6.45) is -3.78. The van der Waals surface area contributed by atoms with Gasteiger partial charge in [-0.3, -0.25) is 9.59 Å². The predicted molar refractivity (Wildman–Crippen MR) is 113 cm³/mol. The Kier molecular flexibility index (Phi) is 7.44. The molecule has 1 aromatic carbocycles. The standard InChI is InChI=1S/C21H22ClF3N4O3/c1-2-32-17-6-4-3-5-15(17)20(31)27-13-18(30)28-7-9-29(10-8-28)19-16(22)11-14(12-26-19)21(23,24)25/h3-6,11-12H,2,7-10,13H2,1H3,(H,27,31). The van der Waals surface area contributed by atoms with Gasteiger partial charge < -0.3 is 19.9 Å². The molecule has 1 aliphatic heterocycles. The molecule has 11 heteroatoms. The number of para-hydroxylation sites is 1. The van der Waals surface area contributed by atoms with Crippen molar-refractivity contribution in [2.75, 3.05) is 44.2 Å². The van der Waals surface area contributed by atoms with Crippen LogP contribution < -0.4 is 15.0 Å². The second-order valence-corrected chi connectivity index (χ2v) is 7.41. The molecule has 1 N–H and O–H groups in total. The van der Waals surface area contributed by atoms with Gasteiger partial charge in [-0.15, -0.1) is 0 Å². The molecular weight excluding hydrogens is 449 g/mol. The summed E-state index contributed by atoms with van der Waals surface area (Å²) >= 11 is 6.00. The van der Waals surface area contributed by atoms with Crippen LogP contribution in [-0.4, -0.2) is 61.0 Å². The summed E-state index contributed by atoms with van der Waals surface area (Å²) in [7, 11) is 0. The number of benzene rings is 1. The second-order valence-electron chi connectivity index (χ2n) is 7.01. The van der Waals surface area contributed by atoms with Gasteiger partial charge in [0.25, 0.3) is 5.91 Å². The van der Waals surface area contributed by atoms with E-state index in [-0.39, 0.29) is 23.3 Å². The molecule has 0 spiro atoms. The molecular formula is C21H22ClF3N4O3. The van der Waals surface area contributed by atoms with Crippen LogP contribution in [0.25, 0.3) is 0 Å². The Morgan fingerprint density at radius 2 is 1.88 bits per heavy atom. The molecule has 172 valence electrons. The first-order chi connectivity index (χ1) is 15.2. The molecule has 1 aliphatic rings. The van der Waals surface area contributed by atoms with Crippen molar-refractivity contribution in [3.8, 4) is 5.75 Å². The number of halogens is 4. The highest BCUT2D eigenvalue weighted by Gasteiger charge is 2.32. The fourth-order valence-electron chi connectivity index (χ4n) is 3.28. The van der Waals surface area contributed by atoms with Gasteiger partial charge in [0.05, 0.1) is 29.3 Å². The van der Waals surface area contributed by atoms with Crippen molar-refractivity contribution in [2.45, 2.75) is 13.1 Å². The van der Waals surface area contributed by atoms with Crippen LogP contribution >= 0.6 is 11.6 Å². The summed E-state index contributed by atoms with van der Waals surface area (Å²) in [6.45, 7) is 3.39. The molecule has 2 aromatic rings. The number of aromatic nitrogens is 1. The molecule has 0 aliphatic carbocycles. The smallest absolute Gasteiger partial charge is 0.417 e. The highest BCUT2D eigenvalue weighted by Crippen LogP contribution is 2.33. The van der Waals surface area contributed by atoms with Gasteiger partial charge in [-0.05, 0) is 25.1 Å². The Morgan fingerprint density at radius 3 is 2.50 bits per heavy atom. The quantitative estimate of drug-likeness (QED) is 0.701. The number of carbonyl (C=O) groups excluding carboxylic acids is 2. The van der Waals surface area contributed by atoms with Crippen molar-refractivity contribution >= 4 is 29.2 Å². The number of piperazine rings is 1. The van der Waals surface area contributed by atoms with Crippen molar-refractivity contribution in [3.63, 3.8) is 0 Å². The van der Waals surface area contributed by atoms with E-state index in [1.54, 1.807) is 34.1 Å². The summed E-state index contributed by atoms with van der Waals surface area (Å²) in [6, 6.07) is 7.60. The summed E-state index contributed by atoms with van der Waals surface area (Å²) in [4.78, 5) is 32.1. The van der Waals surface area contributed by atoms with Gasteiger partial charge in [-0.2, -0.15) is 13.2 Å². The van der Waals surface area contributed by atoms with E-state index in [1.165, 1.54) is 0 Å². The number of ether oxygens (including phenoxy) is 1. The Labute approximate surface area is 188 Å². The van der Waals surface area contributed by atoms with Crippen molar-refractivity contribution in [1.29, 1.82) is 0 Å². The molecule has 0 unspecified atom stereocenters.